The molecule has 4 rings (SSSR count). The van der Waals surface area contributed by atoms with Crippen molar-refractivity contribution in [2.75, 3.05) is 45.6 Å². The zero-order valence-corrected chi connectivity index (χ0v) is 20.2. The fourth-order valence-electron chi connectivity index (χ4n) is 4.03. The van der Waals surface area contributed by atoms with Crippen molar-refractivity contribution in [2.24, 2.45) is 7.05 Å². The van der Waals surface area contributed by atoms with Crippen LogP contribution in [0.2, 0.25) is 5.02 Å². The van der Waals surface area contributed by atoms with E-state index in [0.717, 1.165) is 41.2 Å². The number of benzene rings is 2. The molecule has 1 aromatic heterocycles. The van der Waals surface area contributed by atoms with E-state index < -0.39 is 0 Å². The van der Waals surface area contributed by atoms with Crippen LogP contribution in [0.3, 0.4) is 0 Å². The maximum absolute atomic E-state index is 12.7. The van der Waals surface area contributed by atoms with Gasteiger partial charge in [-0.3, -0.25) is 9.69 Å². The molecule has 0 unspecified atom stereocenters. The molecule has 1 fully saturated rings. The van der Waals surface area contributed by atoms with E-state index in [1.165, 1.54) is 0 Å². The number of nitrogens with zero attached hydrogens (tertiary/aromatic N) is 5. The number of piperazine rings is 1. The molecule has 2 heterocycles. The minimum atomic E-state index is -0.110. The Balaban J connectivity index is 1.38. The molecular weight excluding hydrogens is 440 g/mol. The number of amides is 3. The summed E-state index contributed by atoms with van der Waals surface area (Å²) in [7, 11) is 5.48. The van der Waals surface area contributed by atoms with Crippen molar-refractivity contribution in [2.45, 2.75) is 13.5 Å². The minimum Gasteiger partial charge on any atom is -0.345 e. The number of hydrogen-bond acceptors (Lipinski definition) is 4. The SMILES string of the molecule is Cc1c(Cl)cccc1NC(=O)N1CCN(Cc2nc3cc(C(=O)N(C)C)ccc3n2C)CC1. The van der Waals surface area contributed by atoms with Crippen molar-refractivity contribution in [1.29, 1.82) is 0 Å². The second kappa shape index (κ2) is 9.41. The third kappa shape index (κ3) is 4.82. The molecule has 0 spiro atoms. The first kappa shape index (κ1) is 23.1. The molecule has 0 aliphatic carbocycles. The summed E-state index contributed by atoms with van der Waals surface area (Å²) < 4.78 is 2.07. The number of aryl methyl sites for hydroxylation is 1. The van der Waals surface area contributed by atoms with E-state index in [1.807, 2.05) is 55.3 Å². The summed E-state index contributed by atoms with van der Waals surface area (Å²) >= 11 is 6.16. The average molecular weight is 469 g/mol. The lowest BCUT2D eigenvalue weighted by atomic mass is 10.2. The van der Waals surface area contributed by atoms with Gasteiger partial charge in [-0.05, 0) is 42.8 Å². The Morgan fingerprint density at radius 3 is 2.55 bits per heavy atom. The van der Waals surface area contributed by atoms with Gasteiger partial charge in [0.2, 0.25) is 0 Å². The lowest BCUT2D eigenvalue weighted by molar-refractivity contribution is 0.0827. The van der Waals surface area contributed by atoms with Gasteiger partial charge >= 0.3 is 6.03 Å². The molecule has 9 heteroatoms. The second-order valence-corrected chi connectivity index (χ2v) is 9.00. The molecule has 1 aliphatic heterocycles. The normalized spacial score (nSPS) is 14.5. The van der Waals surface area contributed by atoms with Gasteiger partial charge in [-0.1, -0.05) is 17.7 Å². The summed E-state index contributed by atoms with van der Waals surface area (Å²) in [4.78, 5) is 35.4. The van der Waals surface area contributed by atoms with E-state index >= 15 is 0 Å². The van der Waals surface area contributed by atoms with E-state index in [9.17, 15) is 9.59 Å². The van der Waals surface area contributed by atoms with Gasteiger partial charge < -0.3 is 19.7 Å². The summed E-state index contributed by atoms with van der Waals surface area (Å²) in [6.07, 6.45) is 0. The lowest BCUT2D eigenvalue weighted by Crippen LogP contribution is -2.49. The quantitative estimate of drug-likeness (QED) is 0.635. The number of carbonyl (C=O) groups is 2. The summed E-state index contributed by atoms with van der Waals surface area (Å²) in [5.41, 5.74) is 4.04. The highest BCUT2D eigenvalue weighted by Gasteiger charge is 2.23. The van der Waals surface area contributed by atoms with Crippen LogP contribution in [0.1, 0.15) is 21.7 Å². The summed E-state index contributed by atoms with van der Waals surface area (Å²) in [5.74, 6) is 0.901. The molecule has 174 valence electrons. The van der Waals surface area contributed by atoms with Gasteiger partial charge in [0, 0.05) is 63.6 Å². The highest BCUT2D eigenvalue weighted by Crippen LogP contribution is 2.24. The van der Waals surface area contributed by atoms with Crippen molar-refractivity contribution < 1.29 is 9.59 Å². The average Bonchev–Trinajstić information content (AvgIpc) is 3.11. The van der Waals surface area contributed by atoms with Gasteiger partial charge in [0.15, 0.2) is 0 Å². The zero-order valence-electron chi connectivity index (χ0n) is 19.4. The molecule has 8 nitrogen and oxygen atoms in total. The topological polar surface area (TPSA) is 73.7 Å². The Kier molecular flexibility index (Phi) is 6.58. The molecule has 2 aromatic carbocycles. The van der Waals surface area contributed by atoms with Gasteiger partial charge in [0.25, 0.3) is 5.91 Å². The fraction of sp³-hybridized carbons (Fsp3) is 0.375. The molecule has 0 bridgehead atoms. The first-order chi connectivity index (χ1) is 15.7. The van der Waals surface area contributed by atoms with E-state index in [2.05, 4.69) is 14.8 Å². The van der Waals surface area contributed by atoms with Crippen molar-refractivity contribution in [3.63, 3.8) is 0 Å². The number of imidazole rings is 1. The predicted octanol–water partition coefficient (Wildman–Crippen LogP) is 3.59. The third-order valence-corrected chi connectivity index (χ3v) is 6.57. The molecule has 33 heavy (non-hydrogen) atoms. The Morgan fingerprint density at radius 1 is 1.12 bits per heavy atom. The third-order valence-electron chi connectivity index (χ3n) is 6.16. The van der Waals surface area contributed by atoms with Crippen LogP contribution in [0, 0.1) is 6.92 Å². The number of carbonyl (C=O) groups excluding carboxylic acids is 2. The number of rotatable bonds is 4. The van der Waals surface area contributed by atoms with Crippen LogP contribution in [0.15, 0.2) is 36.4 Å². The van der Waals surface area contributed by atoms with Crippen LogP contribution in [0.25, 0.3) is 11.0 Å². The lowest BCUT2D eigenvalue weighted by Gasteiger charge is -2.34. The van der Waals surface area contributed by atoms with E-state index in [4.69, 9.17) is 16.6 Å². The van der Waals surface area contributed by atoms with Gasteiger partial charge in [-0.15, -0.1) is 0 Å². The zero-order chi connectivity index (χ0) is 23.7. The molecule has 3 aromatic rings. The second-order valence-electron chi connectivity index (χ2n) is 8.60. The van der Waals surface area contributed by atoms with Crippen LogP contribution in [-0.2, 0) is 13.6 Å². The Bertz CT molecular complexity index is 1200. The Hall–Kier alpha value is -3.10. The molecule has 1 aliphatic rings. The molecule has 0 atom stereocenters. The van der Waals surface area contributed by atoms with Crippen LogP contribution < -0.4 is 5.32 Å². The monoisotopic (exact) mass is 468 g/mol. The number of anilines is 1. The highest BCUT2D eigenvalue weighted by atomic mass is 35.5. The summed E-state index contributed by atoms with van der Waals surface area (Å²) in [6.45, 7) is 5.37. The van der Waals surface area contributed by atoms with E-state index in [-0.39, 0.29) is 11.9 Å². The Labute approximate surface area is 198 Å². The first-order valence-electron chi connectivity index (χ1n) is 10.9. The van der Waals surface area contributed by atoms with Crippen molar-refractivity contribution >= 4 is 40.3 Å². The maximum atomic E-state index is 12.7. The van der Waals surface area contributed by atoms with Crippen molar-refractivity contribution in [3.8, 4) is 0 Å². The van der Waals surface area contributed by atoms with Crippen molar-refractivity contribution in [1.82, 2.24) is 24.3 Å². The van der Waals surface area contributed by atoms with Crippen molar-refractivity contribution in [3.05, 3.63) is 58.4 Å². The number of hydrogen-bond donors (Lipinski definition) is 1. The summed E-state index contributed by atoms with van der Waals surface area (Å²) in [5, 5.41) is 3.61. The highest BCUT2D eigenvalue weighted by molar-refractivity contribution is 6.31. The number of nitrogens with one attached hydrogen (secondary N) is 1. The van der Waals surface area contributed by atoms with Crippen LogP contribution in [0.5, 0.6) is 0 Å². The van der Waals surface area contributed by atoms with Gasteiger partial charge in [-0.2, -0.15) is 0 Å². The molecule has 0 radical (unpaired) electrons. The van der Waals surface area contributed by atoms with E-state index in [0.29, 0.717) is 30.2 Å². The van der Waals surface area contributed by atoms with Gasteiger partial charge in [0.1, 0.15) is 5.82 Å². The maximum Gasteiger partial charge on any atom is 0.321 e. The van der Waals surface area contributed by atoms with Crippen LogP contribution in [0.4, 0.5) is 10.5 Å². The molecule has 0 saturated carbocycles. The number of urea groups is 1. The van der Waals surface area contributed by atoms with E-state index in [1.54, 1.807) is 19.0 Å². The number of aromatic nitrogens is 2. The Morgan fingerprint density at radius 2 is 1.85 bits per heavy atom. The molecular formula is C24H29ClN6O2. The minimum absolute atomic E-state index is 0.0357. The summed E-state index contributed by atoms with van der Waals surface area (Å²) in [6, 6.07) is 11.0. The van der Waals surface area contributed by atoms with Crippen LogP contribution in [-0.4, -0.2) is 76.5 Å². The number of halogens is 1. The fourth-order valence-corrected chi connectivity index (χ4v) is 4.20. The number of fused-ring (bicyclic) bond motifs is 1. The van der Waals surface area contributed by atoms with Gasteiger partial charge in [0.05, 0.1) is 17.6 Å². The smallest absolute Gasteiger partial charge is 0.321 e. The largest absolute Gasteiger partial charge is 0.345 e. The molecule has 1 saturated heterocycles. The molecule has 3 amide bonds. The first-order valence-corrected chi connectivity index (χ1v) is 11.3. The standard InChI is InChI=1S/C24H29ClN6O2/c1-16-18(25)6-5-7-19(16)27-24(33)31-12-10-30(11-13-31)15-22-26-20-14-17(23(32)28(2)3)8-9-21(20)29(22)4/h5-9,14H,10-13,15H2,1-4H3,(H,27,33). The van der Waals surface area contributed by atoms with Gasteiger partial charge in [-0.25, -0.2) is 9.78 Å². The van der Waals surface area contributed by atoms with Crippen LogP contribution >= 0.6 is 11.6 Å². The molecule has 1 N–H and O–H groups in total. The predicted molar refractivity (Wildman–Crippen MR) is 131 cm³/mol.